The summed E-state index contributed by atoms with van der Waals surface area (Å²) in [7, 11) is 0. The highest BCUT2D eigenvalue weighted by Gasteiger charge is 2.43. The normalized spacial score (nSPS) is 41.9. The van der Waals surface area contributed by atoms with Crippen LogP contribution in [0.25, 0.3) is 0 Å². The summed E-state index contributed by atoms with van der Waals surface area (Å²) < 4.78 is 0. The number of carbonyl (C=O) groups is 1. The third-order valence-corrected chi connectivity index (χ3v) is 5.19. The van der Waals surface area contributed by atoms with E-state index in [4.69, 9.17) is 0 Å². The molecule has 102 valence electrons. The van der Waals surface area contributed by atoms with E-state index in [0.717, 1.165) is 12.8 Å². The Morgan fingerprint density at radius 3 is 2.72 bits per heavy atom. The van der Waals surface area contributed by atoms with Crippen LogP contribution in [0.1, 0.15) is 58.8 Å². The molecule has 1 aliphatic carbocycles. The molecule has 2 bridgehead atoms. The number of fused-ring (bicyclic) bond motifs is 2. The molecule has 3 rings (SSSR count). The Balaban J connectivity index is 1.55. The van der Waals surface area contributed by atoms with Crippen molar-refractivity contribution in [2.75, 3.05) is 0 Å². The molecular weight excluding hydrogens is 224 g/mol. The molecule has 3 fully saturated rings. The maximum Gasteiger partial charge on any atom is 0.224 e. The highest BCUT2D eigenvalue weighted by molar-refractivity contribution is 5.80. The van der Waals surface area contributed by atoms with E-state index in [1.807, 2.05) is 0 Å². The van der Waals surface area contributed by atoms with E-state index in [-0.39, 0.29) is 5.92 Å². The van der Waals surface area contributed by atoms with Gasteiger partial charge >= 0.3 is 0 Å². The molecule has 0 spiro atoms. The molecule has 3 heteroatoms. The summed E-state index contributed by atoms with van der Waals surface area (Å²) in [5, 5.41) is 6.87. The number of hydrogen-bond acceptors (Lipinski definition) is 2. The van der Waals surface area contributed by atoms with Gasteiger partial charge in [0.05, 0.1) is 5.92 Å². The zero-order valence-corrected chi connectivity index (χ0v) is 11.7. The van der Waals surface area contributed by atoms with Crippen molar-refractivity contribution < 1.29 is 4.79 Å². The maximum atomic E-state index is 12.4. The van der Waals surface area contributed by atoms with Crippen LogP contribution in [0.2, 0.25) is 0 Å². The number of carbonyl (C=O) groups excluding carboxylic acids is 1. The van der Waals surface area contributed by atoms with Gasteiger partial charge in [0.15, 0.2) is 0 Å². The van der Waals surface area contributed by atoms with Crippen LogP contribution < -0.4 is 10.6 Å². The van der Waals surface area contributed by atoms with Crippen LogP contribution in [0.4, 0.5) is 0 Å². The van der Waals surface area contributed by atoms with Gasteiger partial charge in [-0.2, -0.15) is 0 Å². The van der Waals surface area contributed by atoms with E-state index in [9.17, 15) is 4.79 Å². The van der Waals surface area contributed by atoms with Crippen molar-refractivity contribution in [1.29, 1.82) is 0 Å². The predicted octanol–water partition coefficient (Wildman–Crippen LogP) is 2.21. The van der Waals surface area contributed by atoms with E-state index in [2.05, 4.69) is 24.5 Å². The van der Waals surface area contributed by atoms with Crippen LogP contribution in [0.15, 0.2) is 0 Å². The lowest BCUT2D eigenvalue weighted by Gasteiger charge is -2.36. The number of nitrogens with one attached hydrogen (secondary N) is 2. The summed E-state index contributed by atoms with van der Waals surface area (Å²) in [6.45, 7) is 4.65. The monoisotopic (exact) mass is 250 g/mol. The fourth-order valence-electron chi connectivity index (χ4n) is 4.24. The fourth-order valence-corrected chi connectivity index (χ4v) is 4.24. The van der Waals surface area contributed by atoms with Crippen LogP contribution >= 0.6 is 0 Å². The molecule has 3 nitrogen and oxygen atoms in total. The Hall–Kier alpha value is -0.570. The van der Waals surface area contributed by atoms with Gasteiger partial charge < -0.3 is 10.6 Å². The van der Waals surface area contributed by atoms with E-state index in [1.165, 1.54) is 32.1 Å². The molecule has 2 heterocycles. The van der Waals surface area contributed by atoms with Crippen LogP contribution in [0, 0.1) is 11.3 Å². The summed E-state index contributed by atoms with van der Waals surface area (Å²) >= 11 is 0. The number of amides is 1. The van der Waals surface area contributed by atoms with Gasteiger partial charge in [-0.1, -0.05) is 20.3 Å². The Morgan fingerprint density at radius 1 is 1.28 bits per heavy atom. The summed E-state index contributed by atoms with van der Waals surface area (Å²) in [5.41, 5.74) is 0.406. The molecule has 3 aliphatic rings. The van der Waals surface area contributed by atoms with Crippen molar-refractivity contribution in [3.63, 3.8) is 0 Å². The van der Waals surface area contributed by atoms with Gasteiger partial charge in [0.25, 0.3) is 0 Å². The lowest BCUT2D eigenvalue weighted by Crippen LogP contribution is -2.45. The second-order valence-electron chi connectivity index (χ2n) is 7.36. The SMILES string of the molecule is CC1(C)CCCC(NC(=O)C2CC3CCC2N3)C1. The van der Waals surface area contributed by atoms with Gasteiger partial charge in [-0.05, 0) is 43.9 Å². The molecule has 1 saturated carbocycles. The first-order valence-electron chi connectivity index (χ1n) is 7.60. The van der Waals surface area contributed by atoms with Crippen molar-refractivity contribution in [2.45, 2.75) is 76.9 Å². The predicted molar refractivity (Wildman–Crippen MR) is 72.2 cm³/mol. The summed E-state index contributed by atoms with van der Waals surface area (Å²) in [5.74, 6) is 0.561. The molecule has 4 unspecified atom stereocenters. The minimum absolute atomic E-state index is 0.244. The molecule has 4 atom stereocenters. The number of hydrogen-bond donors (Lipinski definition) is 2. The van der Waals surface area contributed by atoms with Gasteiger partial charge in [-0.15, -0.1) is 0 Å². The van der Waals surface area contributed by atoms with Crippen molar-refractivity contribution in [3.05, 3.63) is 0 Å². The lowest BCUT2D eigenvalue weighted by atomic mass is 9.75. The Morgan fingerprint density at radius 2 is 2.11 bits per heavy atom. The van der Waals surface area contributed by atoms with Gasteiger partial charge in [-0.3, -0.25) is 4.79 Å². The summed E-state index contributed by atoms with van der Waals surface area (Å²) in [4.78, 5) is 12.4. The molecule has 0 aromatic rings. The van der Waals surface area contributed by atoms with Crippen LogP contribution in [0.3, 0.4) is 0 Å². The molecule has 2 saturated heterocycles. The number of rotatable bonds is 2. The largest absolute Gasteiger partial charge is 0.353 e. The first-order chi connectivity index (χ1) is 8.53. The molecule has 2 aliphatic heterocycles. The quantitative estimate of drug-likeness (QED) is 0.789. The van der Waals surface area contributed by atoms with E-state index in [0.29, 0.717) is 29.4 Å². The summed E-state index contributed by atoms with van der Waals surface area (Å²) in [6.07, 6.45) is 8.40. The van der Waals surface area contributed by atoms with Crippen molar-refractivity contribution >= 4 is 5.91 Å². The standard InChI is InChI=1S/C15H26N2O/c1-15(2)7-3-4-11(9-15)17-14(18)12-8-10-5-6-13(12)16-10/h10-13,16H,3-9H2,1-2H3,(H,17,18). The van der Waals surface area contributed by atoms with Crippen molar-refractivity contribution in [1.82, 2.24) is 10.6 Å². The van der Waals surface area contributed by atoms with Crippen LogP contribution in [-0.4, -0.2) is 24.0 Å². The smallest absolute Gasteiger partial charge is 0.224 e. The fraction of sp³-hybridized carbons (Fsp3) is 0.933. The van der Waals surface area contributed by atoms with E-state index >= 15 is 0 Å². The van der Waals surface area contributed by atoms with E-state index < -0.39 is 0 Å². The van der Waals surface area contributed by atoms with Gasteiger partial charge in [-0.25, -0.2) is 0 Å². The van der Waals surface area contributed by atoms with Gasteiger partial charge in [0, 0.05) is 18.1 Å². The molecular formula is C15H26N2O. The van der Waals surface area contributed by atoms with Crippen molar-refractivity contribution in [2.24, 2.45) is 11.3 Å². The molecule has 0 aromatic heterocycles. The molecule has 18 heavy (non-hydrogen) atoms. The molecule has 2 N–H and O–H groups in total. The van der Waals surface area contributed by atoms with Gasteiger partial charge in [0.1, 0.15) is 0 Å². The molecule has 1 amide bonds. The third kappa shape index (κ3) is 2.42. The maximum absolute atomic E-state index is 12.4. The minimum atomic E-state index is 0.244. The second kappa shape index (κ2) is 4.52. The first kappa shape index (κ1) is 12.5. The second-order valence-corrected chi connectivity index (χ2v) is 7.36. The highest BCUT2D eigenvalue weighted by Crippen LogP contribution is 2.36. The van der Waals surface area contributed by atoms with E-state index in [1.54, 1.807) is 0 Å². The first-order valence-corrected chi connectivity index (χ1v) is 7.60. The third-order valence-electron chi connectivity index (χ3n) is 5.19. The minimum Gasteiger partial charge on any atom is -0.353 e. The molecule has 0 radical (unpaired) electrons. The summed E-state index contributed by atoms with van der Waals surface area (Å²) in [6, 6.07) is 1.50. The van der Waals surface area contributed by atoms with Crippen molar-refractivity contribution in [3.8, 4) is 0 Å². The molecule has 0 aromatic carbocycles. The Labute approximate surface area is 110 Å². The lowest BCUT2D eigenvalue weighted by molar-refractivity contribution is -0.126. The Bertz CT molecular complexity index is 339. The van der Waals surface area contributed by atoms with Crippen LogP contribution in [-0.2, 0) is 4.79 Å². The topological polar surface area (TPSA) is 41.1 Å². The average molecular weight is 250 g/mol. The zero-order chi connectivity index (χ0) is 12.8. The van der Waals surface area contributed by atoms with Crippen LogP contribution in [0.5, 0.6) is 0 Å². The van der Waals surface area contributed by atoms with Gasteiger partial charge in [0.2, 0.25) is 5.91 Å². The Kier molecular flexibility index (Phi) is 3.13. The highest BCUT2D eigenvalue weighted by atomic mass is 16.2. The average Bonchev–Trinajstić information content (AvgIpc) is 2.89. The zero-order valence-electron chi connectivity index (χ0n) is 11.7.